The summed E-state index contributed by atoms with van der Waals surface area (Å²) < 4.78 is 35.5. The number of pyridine rings is 1. The first kappa shape index (κ1) is 11.7. The standard InChI is InChI=1S/C10H10F3NO/c1-7-4-8(6-14-5-7)9(15)2-3-10(11,12)13/h4-6H,2-3H2,1H3. The van der Waals surface area contributed by atoms with Crippen LogP contribution >= 0.6 is 0 Å². The molecule has 2 nitrogen and oxygen atoms in total. The highest BCUT2D eigenvalue weighted by atomic mass is 19.4. The number of rotatable bonds is 3. The zero-order valence-corrected chi connectivity index (χ0v) is 8.14. The number of halogens is 3. The van der Waals surface area contributed by atoms with Crippen LogP contribution in [0, 0.1) is 6.92 Å². The number of ketones is 1. The maximum Gasteiger partial charge on any atom is 0.389 e. The summed E-state index contributed by atoms with van der Waals surface area (Å²) >= 11 is 0. The van der Waals surface area contributed by atoms with Crippen molar-refractivity contribution in [2.75, 3.05) is 0 Å². The summed E-state index contributed by atoms with van der Waals surface area (Å²) in [6, 6.07) is 1.53. The number of hydrogen-bond donors (Lipinski definition) is 0. The van der Waals surface area contributed by atoms with E-state index < -0.39 is 24.8 Å². The molecule has 0 unspecified atom stereocenters. The van der Waals surface area contributed by atoms with Crippen LogP contribution in [0.15, 0.2) is 18.5 Å². The highest BCUT2D eigenvalue weighted by Crippen LogP contribution is 2.22. The van der Waals surface area contributed by atoms with Gasteiger partial charge in [-0.05, 0) is 18.6 Å². The Hall–Kier alpha value is -1.39. The fourth-order valence-electron chi connectivity index (χ4n) is 1.11. The zero-order valence-electron chi connectivity index (χ0n) is 8.14. The number of nitrogens with zero attached hydrogens (tertiary/aromatic N) is 1. The first-order valence-electron chi connectivity index (χ1n) is 4.40. The Kier molecular flexibility index (Phi) is 3.44. The van der Waals surface area contributed by atoms with E-state index in [0.29, 0.717) is 0 Å². The molecular formula is C10H10F3NO. The van der Waals surface area contributed by atoms with Crippen molar-refractivity contribution in [3.63, 3.8) is 0 Å². The molecule has 1 heterocycles. The zero-order chi connectivity index (χ0) is 11.5. The Labute approximate surface area is 85.1 Å². The largest absolute Gasteiger partial charge is 0.389 e. The molecule has 0 spiro atoms. The number of Topliss-reactive ketones (excluding diaryl/α,β-unsaturated/α-hetero) is 1. The van der Waals surface area contributed by atoms with Gasteiger partial charge in [-0.1, -0.05) is 0 Å². The molecule has 0 radical (unpaired) electrons. The van der Waals surface area contributed by atoms with Crippen LogP contribution in [0.2, 0.25) is 0 Å². The van der Waals surface area contributed by atoms with Gasteiger partial charge in [-0.2, -0.15) is 13.2 Å². The monoisotopic (exact) mass is 217 g/mol. The third-order valence-corrected chi connectivity index (χ3v) is 1.83. The fraction of sp³-hybridized carbons (Fsp3) is 0.400. The molecule has 1 aromatic heterocycles. The van der Waals surface area contributed by atoms with Crippen molar-refractivity contribution in [3.8, 4) is 0 Å². The molecule has 82 valence electrons. The van der Waals surface area contributed by atoms with Crippen LogP contribution in [0.25, 0.3) is 0 Å². The van der Waals surface area contributed by atoms with Crippen LogP contribution in [0.5, 0.6) is 0 Å². The molecule has 0 aromatic carbocycles. The van der Waals surface area contributed by atoms with E-state index in [1.54, 1.807) is 13.1 Å². The van der Waals surface area contributed by atoms with E-state index in [-0.39, 0.29) is 5.56 Å². The highest BCUT2D eigenvalue weighted by Gasteiger charge is 2.28. The van der Waals surface area contributed by atoms with Crippen molar-refractivity contribution >= 4 is 5.78 Å². The van der Waals surface area contributed by atoms with Crippen LogP contribution in [0.4, 0.5) is 13.2 Å². The lowest BCUT2D eigenvalue weighted by Crippen LogP contribution is -2.11. The Balaban J connectivity index is 2.62. The third-order valence-electron chi connectivity index (χ3n) is 1.83. The minimum Gasteiger partial charge on any atom is -0.294 e. The number of alkyl halides is 3. The molecule has 1 rings (SSSR count). The molecule has 0 aliphatic carbocycles. The molecule has 15 heavy (non-hydrogen) atoms. The smallest absolute Gasteiger partial charge is 0.294 e. The van der Waals surface area contributed by atoms with E-state index in [1.165, 1.54) is 12.3 Å². The second kappa shape index (κ2) is 4.42. The minimum absolute atomic E-state index is 0.235. The lowest BCUT2D eigenvalue weighted by molar-refractivity contribution is -0.133. The molecule has 0 saturated carbocycles. The number of carbonyl (C=O) groups excluding carboxylic acids is 1. The summed E-state index contributed by atoms with van der Waals surface area (Å²) in [6.07, 6.45) is -3.06. The first-order chi connectivity index (χ1) is 6.88. The quantitative estimate of drug-likeness (QED) is 0.728. The summed E-state index contributed by atoms with van der Waals surface area (Å²) in [7, 11) is 0. The molecule has 5 heteroatoms. The van der Waals surface area contributed by atoms with Gasteiger partial charge in [0.05, 0.1) is 6.42 Å². The van der Waals surface area contributed by atoms with Gasteiger partial charge in [-0.3, -0.25) is 9.78 Å². The van der Waals surface area contributed by atoms with Gasteiger partial charge in [0.2, 0.25) is 0 Å². The molecule has 0 fully saturated rings. The van der Waals surface area contributed by atoms with E-state index in [4.69, 9.17) is 0 Å². The van der Waals surface area contributed by atoms with Crippen molar-refractivity contribution in [2.24, 2.45) is 0 Å². The van der Waals surface area contributed by atoms with E-state index in [2.05, 4.69) is 4.98 Å². The van der Waals surface area contributed by atoms with Crippen molar-refractivity contribution in [1.82, 2.24) is 4.98 Å². The second-order valence-corrected chi connectivity index (χ2v) is 3.29. The van der Waals surface area contributed by atoms with Crippen molar-refractivity contribution in [3.05, 3.63) is 29.6 Å². The molecule has 0 N–H and O–H groups in total. The average Bonchev–Trinajstić information content (AvgIpc) is 2.13. The number of aryl methyl sites for hydroxylation is 1. The predicted octanol–water partition coefficient (Wildman–Crippen LogP) is 2.92. The summed E-state index contributed by atoms with van der Waals surface area (Å²) in [6.45, 7) is 1.73. The van der Waals surface area contributed by atoms with Gasteiger partial charge >= 0.3 is 6.18 Å². The summed E-state index contributed by atoms with van der Waals surface area (Å²) in [5, 5.41) is 0. The topological polar surface area (TPSA) is 30.0 Å². The first-order valence-corrected chi connectivity index (χ1v) is 4.40. The van der Waals surface area contributed by atoms with Gasteiger partial charge in [-0.15, -0.1) is 0 Å². The van der Waals surface area contributed by atoms with Gasteiger partial charge in [-0.25, -0.2) is 0 Å². The molecule has 0 aliphatic heterocycles. The maximum atomic E-state index is 11.8. The van der Waals surface area contributed by atoms with Crippen LogP contribution in [-0.4, -0.2) is 16.9 Å². The molecule has 0 bridgehead atoms. The average molecular weight is 217 g/mol. The summed E-state index contributed by atoms with van der Waals surface area (Å²) in [4.78, 5) is 15.1. The minimum atomic E-state index is -4.28. The van der Waals surface area contributed by atoms with Crippen LogP contribution in [-0.2, 0) is 0 Å². The lowest BCUT2D eigenvalue weighted by atomic mass is 10.1. The van der Waals surface area contributed by atoms with Gasteiger partial charge < -0.3 is 0 Å². The second-order valence-electron chi connectivity index (χ2n) is 3.29. The number of aromatic nitrogens is 1. The van der Waals surface area contributed by atoms with E-state index in [9.17, 15) is 18.0 Å². The van der Waals surface area contributed by atoms with Gasteiger partial charge in [0.1, 0.15) is 0 Å². The van der Waals surface area contributed by atoms with E-state index >= 15 is 0 Å². The SMILES string of the molecule is Cc1cncc(C(=O)CCC(F)(F)F)c1. The number of carbonyl (C=O) groups is 1. The Morgan fingerprint density at radius 1 is 1.40 bits per heavy atom. The molecule has 0 amide bonds. The summed E-state index contributed by atoms with van der Waals surface area (Å²) in [5.41, 5.74) is 0.993. The molecule has 0 atom stereocenters. The normalized spacial score (nSPS) is 11.5. The van der Waals surface area contributed by atoms with Gasteiger partial charge in [0.25, 0.3) is 0 Å². The molecule has 0 aliphatic rings. The lowest BCUT2D eigenvalue weighted by Gasteiger charge is -2.05. The van der Waals surface area contributed by atoms with Crippen LogP contribution < -0.4 is 0 Å². The molecular weight excluding hydrogens is 207 g/mol. The Morgan fingerprint density at radius 2 is 2.07 bits per heavy atom. The van der Waals surface area contributed by atoms with E-state index in [1.807, 2.05) is 0 Å². The van der Waals surface area contributed by atoms with Gasteiger partial charge in [0.15, 0.2) is 5.78 Å². The Morgan fingerprint density at radius 3 is 2.60 bits per heavy atom. The fourth-order valence-corrected chi connectivity index (χ4v) is 1.11. The van der Waals surface area contributed by atoms with Gasteiger partial charge in [0, 0.05) is 24.4 Å². The van der Waals surface area contributed by atoms with Crippen molar-refractivity contribution in [2.45, 2.75) is 25.9 Å². The van der Waals surface area contributed by atoms with Crippen molar-refractivity contribution < 1.29 is 18.0 Å². The summed E-state index contributed by atoms with van der Waals surface area (Å²) in [5.74, 6) is -0.525. The van der Waals surface area contributed by atoms with Crippen LogP contribution in [0.1, 0.15) is 28.8 Å². The van der Waals surface area contributed by atoms with Crippen molar-refractivity contribution in [1.29, 1.82) is 0 Å². The third kappa shape index (κ3) is 4.10. The number of hydrogen-bond acceptors (Lipinski definition) is 2. The Bertz CT molecular complexity index is 360. The molecule has 1 aromatic rings. The van der Waals surface area contributed by atoms with Crippen LogP contribution in [0.3, 0.4) is 0 Å². The highest BCUT2D eigenvalue weighted by molar-refractivity contribution is 5.95. The predicted molar refractivity (Wildman–Crippen MR) is 48.6 cm³/mol. The van der Waals surface area contributed by atoms with E-state index in [0.717, 1.165) is 5.56 Å². The molecule has 0 saturated heterocycles. The maximum absolute atomic E-state index is 11.8.